The summed E-state index contributed by atoms with van der Waals surface area (Å²) in [5.41, 5.74) is 3.61. The quantitative estimate of drug-likeness (QED) is 0.133. The van der Waals surface area contributed by atoms with Crippen LogP contribution in [0, 0.1) is 0 Å². The van der Waals surface area contributed by atoms with Crippen molar-refractivity contribution in [2.75, 3.05) is 10.2 Å². The third-order valence-corrected chi connectivity index (χ3v) is 9.26. The Morgan fingerprint density at radius 3 is 2.00 bits per heavy atom. The number of nitrogens with one attached hydrogen (secondary N) is 2. The molecule has 5 aromatic rings. The van der Waals surface area contributed by atoms with Gasteiger partial charge >= 0.3 is 0 Å². The molecule has 3 amide bonds. The lowest BCUT2D eigenvalue weighted by Gasteiger charge is -2.32. The maximum Gasteiger partial charge on any atom is 0.272 e. The molecule has 6 nitrogen and oxygen atoms in total. The fraction of sp³-hybridized carbons (Fsp3) is 0.0541. The van der Waals surface area contributed by atoms with Crippen LogP contribution in [0.1, 0.15) is 22.8 Å². The first kappa shape index (κ1) is 30.0. The van der Waals surface area contributed by atoms with Gasteiger partial charge in [0.1, 0.15) is 5.70 Å². The largest absolute Gasteiger partial charge is 0.321 e. The van der Waals surface area contributed by atoms with E-state index in [2.05, 4.69) is 10.6 Å². The molecule has 0 fully saturated rings. The lowest BCUT2D eigenvalue weighted by molar-refractivity contribution is -0.117. The van der Waals surface area contributed by atoms with Gasteiger partial charge in [-0.05, 0) is 73.2 Å². The first-order valence-corrected chi connectivity index (χ1v) is 16.1. The monoisotopic (exact) mass is 627 g/mol. The van der Waals surface area contributed by atoms with Gasteiger partial charge in [0.2, 0.25) is 5.91 Å². The van der Waals surface area contributed by atoms with Crippen LogP contribution < -0.4 is 15.5 Å². The number of carbonyl (C=O) groups excluding carboxylic acids is 3. The van der Waals surface area contributed by atoms with E-state index in [4.69, 9.17) is 0 Å². The summed E-state index contributed by atoms with van der Waals surface area (Å²) in [5, 5.41) is 5.27. The van der Waals surface area contributed by atoms with E-state index in [0.717, 1.165) is 31.6 Å². The Labute approximate surface area is 270 Å². The molecule has 1 unspecified atom stereocenters. The third-order valence-electron chi connectivity index (χ3n) is 7.04. The molecule has 0 saturated carbocycles. The highest BCUT2D eigenvalue weighted by Gasteiger charge is 2.31. The van der Waals surface area contributed by atoms with Crippen LogP contribution in [-0.2, 0) is 9.59 Å². The predicted molar refractivity (Wildman–Crippen MR) is 183 cm³/mol. The number of amides is 3. The standard InChI is InChI=1S/C37H29N3O3S2/c1-25(37(43)40-31-19-8-10-21-33(31)45-34-22-11-9-20-32(34)40)44-29-18-12-17-28(24-29)38-36(42)30(23-26-13-4-2-5-14-26)39-35(41)27-15-6-3-7-16-27/h2-25H,1H3,(H,38,42)(H,39,41)/b30-23+. The minimum atomic E-state index is -0.464. The van der Waals surface area contributed by atoms with Gasteiger partial charge in [0.25, 0.3) is 11.8 Å². The molecule has 1 aliphatic heterocycles. The zero-order valence-corrected chi connectivity index (χ0v) is 26.0. The summed E-state index contributed by atoms with van der Waals surface area (Å²) in [7, 11) is 0. The second-order valence-electron chi connectivity index (χ2n) is 10.2. The van der Waals surface area contributed by atoms with Crippen LogP contribution in [0.15, 0.2) is 154 Å². The molecule has 0 aromatic heterocycles. The number of hydrogen-bond acceptors (Lipinski definition) is 5. The molecular formula is C37H29N3O3S2. The molecule has 0 spiro atoms. The summed E-state index contributed by atoms with van der Waals surface area (Å²) in [6.45, 7) is 1.89. The molecule has 6 rings (SSSR count). The molecule has 1 atom stereocenters. The van der Waals surface area contributed by atoms with Crippen LogP contribution in [0.25, 0.3) is 6.08 Å². The molecule has 45 heavy (non-hydrogen) atoms. The second-order valence-corrected chi connectivity index (χ2v) is 12.7. The van der Waals surface area contributed by atoms with Gasteiger partial charge in [0.05, 0.1) is 16.6 Å². The molecule has 8 heteroatoms. The number of anilines is 3. The van der Waals surface area contributed by atoms with E-state index in [9.17, 15) is 14.4 Å². The Morgan fingerprint density at radius 2 is 1.33 bits per heavy atom. The van der Waals surface area contributed by atoms with Gasteiger partial charge in [0.15, 0.2) is 0 Å². The maximum atomic E-state index is 14.0. The van der Waals surface area contributed by atoms with Crippen LogP contribution in [0.4, 0.5) is 17.1 Å². The minimum Gasteiger partial charge on any atom is -0.321 e. The maximum absolute atomic E-state index is 14.0. The van der Waals surface area contributed by atoms with Crippen molar-refractivity contribution in [2.24, 2.45) is 0 Å². The molecule has 0 saturated heterocycles. The normalized spacial score (nSPS) is 12.8. The average Bonchev–Trinajstić information content (AvgIpc) is 3.07. The Balaban J connectivity index is 1.20. The van der Waals surface area contributed by atoms with Gasteiger partial charge in [-0.15, -0.1) is 11.8 Å². The number of rotatable bonds is 8. The highest BCUT2D eigenvalue weighted by Crippen LogP contribution is 2.48. The first-order chi connectivity index (χ1) is 22.0. The summed E-state index contributed by atoms with van der Waals surface area (Å²) >= 11 is 3.08. The smallest absolute Gasteiger partial charge is 0.272 e. The van der Waals surface area contributed by atoms with Crippen molar-refractivity contribution < 1.29 is 14.4 Å². The summed E-state index contributed by atoms with van der Waals surface area (Å²) in [4.78, 5) is 45.1. The Morgan fingerprint density at radius 1 is 0.733 bits per heavy atom. The van der Waals surface area contributed by atoms with E-state index < -0.39 is 11.2 Å². The van der Waals surface area contributed by atoms with Crippen molar-refractivity contribution in [3.05, 3.63) is 150 Å². The van der Waals surface area contributed by atoms with Crippen LogP contribution in [0.5, 0.6) is 0 Å². The number of benzene rings is 5. The van der Waals surface area contributed by atoms with Crippen molar-refractivity contribution in [2.45, 2.75) is 26.9 Å². The summed E-state index contributed by atoms with van der Waals surface area (Å²) in [6.07, 6.45) is 1.64. The van der Waals surface area contributed by atoms with Crippen molar-refractivity contribution >= 4 is 64.4 Å². The highest BCUT2D eigenvalue weighted by atomic mass is 32.2. The number of nitrogens with zero attached hydrogens (tertiary/aromatic N) is 1. The fourth-order valence-electron chi connectivity index (χ4n) is 4.88. The Kier molecular flexibility index (Phi) is 9.14. The van der Waals surface area contributed by atoms with Gasteiger partial charge < -0.3 is 10.6 Å². The van der Waals surface area contributed by atoms with Crippen LogP contribution in [0.3, 0.4) is 0 Å². The molecule has 0 bridgehead atoms. The Bertz CT molecular complexity index is 1850. The molecule has 1 aliphatic rings. The van der Waals surface area contributed by atoms with Gasteiger partial charge in [-0.3, -0.25) is 19.3 Å². The molecule has 1 heterocycles. The lowest BCUT2D eigenvalue weighted by atomic mass is 10.1. The second kappa shape index (κ2) is 13.7. The molecule has 222 valence electrons. The van der Waals surface area contributed by atoms with Crippen LogP contribution in [0.2, 0.25) is 0 Å². The van der Waals surface area contributed by atoms with E-state index in [0.29, 0.717) is 11.3 Å². The number of para-hydroxylation sites is 2. The zero-order valence-electron chi connectivity index (χ0n) is 24.3. The van der Waals surface area contributed by atoms with Crippen molar-refractivity contribution in [3.63, 3.8) is 0 Å². The van der Waals surface area contributed by atoms with Crippen molar-refractivity contribution in [1.82, 2.24) is 5.32 Å². The van der Waals surface area contributed by atoms with Crippen molar-refractivity contribution in [3.8, 4) is 0 Å². The Hall–Kier alpha value is -5.05. The number of thioether (sulfide) groups is 1. The summed E-state index contributed by atoms with van der Waals surface area (Å²) in [5.74, 6) is -0.886. The van der Waals surface area contributed by atoms with E-state index in [1.165, 1.54) is 11.8 Å². The van der Waals surface area contributed by atoms with E-state index in [1.807, 2.05) is 110 Å². The molecule has 2 N–H and O–H groups in total. The van der Waals surface area contributed by atoms with E-state index >= 15 is 0 Å². The SMILES string of the molecule is CC(Sc1cccc(NC(=O)/C(=C\c2ccccc2)NC(=O)c2ccccc2)c1)C(=O)N1c2ccccc2Sc2ccccc21. The van der Waals surface area contributed by atoms with Gasteiger partial charge in [0, 0.05) is 25.9 Å². The van der Waals surface area contributed by atoms with E-state index in [-0.39, 0.29) is 17.5 Å². The lowest BCUT2D eigenvalue weighted by Crippen LogP contribution is -2.34. The van der Waals surface area contributed by atoms with Crippen molar-refractivity contribution in [1.29, 1.82) is 0 Å². The zero-order chi connectivity index (χ0) is 31.2. The predicted octanol–water partition coefficient (Wildman–Crippen LogP) is 8.41. The van der Waals surface area contributed by atoms with Crippen LogP contribution in [-0.4, -0.2) is 23.0 Å². The van der Waals surface area contributed by atoms with Crippen LogP contribution >= 0.6 is 23.5 Å². The van der Waals surface area contributed by atoms with Gasteiger partial charge in [-0.1, -0.05) is 90.6 Å². The third kappa shape index (κ3) is 7.03. The molecule has 0 aliphatic carbocycles. The number of hydrogen-bond donors (Lipinski definition) is 2. The summed E-state index contributed by atoms with van der Waals surface area (Å²) < 4.78 is 0. The molecular weight excluding hydrogens is 599 g/mol. The molecule has 0 radical (unpaired) electrons. The topological polar surface area (TPSA) is 78.5 Å². The average molecular weight is 628 g/mol. The van der Waals surface area contributed by atoms with Gasteiger partial charge in [-0.25, -0.2) is 0 Å². The first-order valence-electron chi connectivity index (χ1n) is 14.4. The number of carbonyl (C=O) groups is 3. The highest BCUT2D eigenvalue weighted by molar-refractivity contribution is 8.00. The molecule has 5 aromatic carbocycles. The van der Waals surface area contributed by atoms with Gasteiger partial charge in [-0.2, -0.15) is 0 Å². The fourth-order valence-corrected chi connectivity index (χ4v) is 6.91. The van der Waals surface area contributed by atoms with E-state index in [1.54, 1.807) is 53.1 Å². The minimum absolute atomic E-state index is 0.0358. The summed E-state index contributed by atoms with van der Waals surface area (Å²) in [6, 6.07) is 41.3. The number of fused-ring (bicyclic) bond motifs is 2.